The monoisotopic (exact) mass is 388 g/mol. The molecule has 0 saturated heterocycles. The highest BCUT2D eigenvalue weighted by Crippen LogP contribution is 2.36. The molecular formula is C16H12BrF3O3. The van der Waals surface area contributed by atoms with E-state index >= 15 is 0 Å². The Hall–Kier alpha value is -2.02. The lowest BCUT2D eigenvalue weighted by molar-refractivity contribution is -0.139. The van der Waals surface area contributed by atoms with Crippen molar-refractivity contribution >= 4 is 21.9 Å². The minimum atomic E-state index is -4.51. The lowest BCUT2D eigenvalue weighted by Gasteiger charge is -2.15. The molecule has 7 heteroatoms. The molecule has 0 spiro atoms. The first-order chi connectivity index (χ1) is 10.8. The van der Waals surface area contributed by atoms with E-state index in [4.69, 9.17) is 4.74 Å². The third kappa shape index (κ3) is 4.25. The van der Waals surface area contributed by atoms with Crippen molar-refractivity contribution in [1.29, 1.82) is 0 Å². The summed E-state index contributed by atoms with van der Waals surface area (Å²) in [6.45, 7) is -0.190. The van der Waals surface area contributed by atoms with Crippen LogP contribution in [-0.4, -0.2) is 13.1 Å². The van der Waals surface area contributed by atoms with E-state index < -0.39 is 17.7 Å². The van der Waals surface area contributed by atoms with Crippen LogP contribution in [0, 0.1) is 0 Å². The molecule has 0 bridgehead atoms. The van der Waals surface area contributed by atoms with Crippen LogP contribution in [-0.2, 0) is 17.5 Å². The summed E-state index contributed by atoms with van der Waals surface area (Å²) < 4.78 is 49.4. The maximum Gasteiger partial charge on any atom is 0.419 e. The summed E-state index contributed by atoms with van der Waals surface area (Å²) in [6, 6.07) is 9.70. The highest BCUT2D eigenvalue weighted by molar-refractivity contribution is 9.10. The van der Waals surface area contributed by atoms with Gasteiger partial charge in [0.2, 0.25) is 0 Å². The zero-order chi connectivity index (χ0) is 17.0. The van der Waals surface area contributed by atoms with Crippen LogP contribution >= 0.6 is 15.9 Å². The summed E-state index contributed by atoms with van der Waals surface area (Å²) in [7, 11) is 1.23. The molecule has 0 aliphatic carbocycles. The topological polar surface area (TPSA) is 35.5 Å². The minimum absolute atomic E-state index is 0.190. The quantitative estimate of drug-likeness (QED) is 0.703. The molecule has 0 unspecified atom stereocenters. The van der Waals surface area contributed by atoms with Crippen molar-refractivity contribution < 1.29 is 27.4 Å². The van der Waals surface area contributed by atoms with Crippen LogP contribution < -0.4 is 4.74 Å². The molecule has 0 fully saturated rings. The number of hydrogen-bond acceptors (Lipinski definition) is 3. The Labute approximate surface area is 139 Å². The summed E-state index contributed by atoms with van der Waals surface area (Å²) in [4.78, 5) is 11.7. The number of benzene rings is 2. The van der Waals surface area contributed by atoms with Crippen molar-refractivity contribution in [3.8, 4) is 5.75 Å². The van der Waals surface area contributed by atoms with Crippen LogP contribution in [0.1, 0.15) is 21.5 Å². The Morgan fingerprint density at radius 3 is 2.52 bits per heavy atom. The van der Waals surface area contributed by atoms with E-state index in [-0.39, 0.29) is 17.9 Å². The van der Waals surface area contributed by atoms with Crippen molar-refractivity contribution in [2.24, 2.45) is 0 Å². The van der Waals surface area contributed by atoms with Gasteiger partial charge >= 0.3 is 12.1 Å². The number of carbonyl (C=O) groups is 1. The molecule has 2 rings (SSSR count). The number of para-hydroxylation sites is 1. The number of rotatable bonds is 4. The van der Waals surface area contributed by atoms with Crippen LogP contribution in [0.5, 0.6) is 5.75 Å². The fraction of sp³-hybridized carbons (Fsp3) is 0.188. The van der Waals surface area contributed by atoms with E-state index in [0.717, 1.165) is 6.07 Å². The largest absolute Gasteiger partial charge is 0.488 e. The van der Waals surface area contributed by atoms with Crippen LogP contribution in [0.4, 0.5) is 13.2 Å². The SMILES string of the molecule is COC(=O)c1cc(Br)ccc1COc1ccccc1C(F)(F)F. The number of ether oxygens (including phenoxy) is 2. The molecule has 2 aromatic carbocycles. The van der Waals surface area contributed by atoms with Gasteiger partial charge in [0.05, 0.1) is 18.2 Å². The second-order valence-corrected chi connectivity index (χ2v) is 5.49. The van der Waals surface area contributed by atoms with Crippen molar-refractivity contribution in [1.82, 2.24) is 0 Å². The van der Waals surface area contributed by atoms with E-state index in [2.05, 4.69) is 20.7 Å². The Bertz CT molecular complexity index is 714. The maximum absolute atomic E-state index is 12.9. The zero-order valence-electron chi connectivity index (χ0n) is 12.0. The third-order valence-corrected chi connectivity index (χ3v) is 3.55. The van der Waals surface area contributed by atoms with Crippen molar-refractivity contribution in [3.63, 3.8) is 0 Å². The van der Waals surface area contributed by atoms with E-state index in [9.17, 15) is 18.0 Å². The van der Waals surface area contributed by atoms with Gasteiger partial charge in [0.15, 0.2) is 0 Å². The smallest absolute Gasteiger partial charge is 0.419 e. The molecule has 2 aromatic rings. The maximum atomic E-state index is 12.9. The average molecular weight is 389 g/mol. The lowest BCUT2D eigenvalue weighted by Crippen LogP contribution is -2.11. The predicted molar refractivity (Wildman–Crippen MR) is 81.3 cm³/mol. The molecule has 0 saturated carbocycles. The Kier molecular flexibility index (Phi) is 5.30. The molecule has 0 N–H and O–H groups in total. The van der Waals surface area contributed by atoms with Crippen LogP contribution in [0.15, 0.2) is 46.9 Å². The molecule has 0 heterocycles. The summed E-state index contributed by atoms with van der Waals surface area (Å²) >= 11 is 3.23. The molecule has 0 aromatic heterocycles. The fourth-order valence-corrected chi connectivity index (χ4v) is 2.32. The molecule has 3 nitrogen and oxygen atoms in total. The van der Waals surface area contributed by atoms with Crippen LogP contribution in [0.25, 0.3) is 0 Å². The first-order valence-corrected chi connectivity index (χ1v) is 7.28. The molecule has 0 aliphatic heterocycles. The molecule has 0 aliphatic rings. The minimum Gasteiger partial charge on any atom is -0.488 e. The first kappa shape index (κ1) is 17.3. The Morgan fingerprint density at radius 1 is 1.17 bits per heavy atom. The fourth-order valence-electron chi connectivity index (χ4n) is 1.96. The number of halogens is 4. The standard InChI is InChI=1S/C16H12BrF3O3/c1-22-15(21)12-8-11(17)7-6-10(12)9-23-14-5-3-2-4-13(14)16(18,19)20/h2-8H,9H2,1H3. The second kappa shape index (κ2) is 7.04. The summed E-state index contributed by atoms with van der Waals surface area (Å²) in [5.41, 5.74) is -0.208. The van der Waals surface area contributed by atoms with Crippen molar-refractivity contribution in [2.75, 3.05) is 7.11 Å². The molecule has 122 valence electrons. The van der Waals surface area contributed by atoms with E-state index in [1.165, 1.54) is 31.4 Å². The Balaban J connectivity index is 2.28. The highest BCUT2D eigenvalue weighted by atomic mass is 79.9. The number of esters is 1. The number of carbonyl (C=O) groups excluding carboxylic acids is 1. The van der Waals surface area contributed by atoms with E-state index in [1.807, 2.05) is 0 Å². The Morgan fingerprint density at radius 2 is 1.87 bits per heavy atom. The summed E-state index contributed by atoms with van der Waals surface area (Å²) in [5, 5.41) is 0. The lowest BCUT2D eigenvalue weighted by atomic mass is 10.1. The average Bonchev–Trinajstić information content (AvgIpc) is 2.52. The number of hydrogen-bond donors (Lipinski definition) is 0. The van der Waals surface area contributed by atoms with Gasteiger partial charge < -0.3 is 9.47 Å². The molecule has 0 amide bonds. The zero-order valence-corrected chi connectivity index (χ0v) is 13.6. The van der Waals surface area contributed by atoms with Gasteiger partial charge in [-0.2, -0.15) is 13.2 Å². The van der Waals surface area contributed by atoms with Gasteiger partial charge in [-0.1, -0.05) is 34.1 Å². The second-order valence-electron chi connectivity index (χ2n) is 4.58. The summed E-state index contributed by atoms with van der Waals surface area (Å²) in [5.74, 6) is -0.882. The van der Waals surface area contributed by atoms with Gasteiger partial charge in [-0.25, -0.2) is 4.79 Å². The van der Waals surface area contributed by atoms with E-state index in [1.54, 1.807) is 12.1 Å². The summed E-state index contributed by atoms with van der Waals surface area (Å²) in [6.07, 6.45) is -4.51. The molecular weight excluding hydrogens is 377 g/mol. The normalized spacial score (nSPS) is 11.2. The van der Waals surface area contributed by atoms with Gasteiger partial charge in [0, 0.05) is 10.0 Å². The molecule has 0 atom stereocenters. The van der Waals surface area contributed by atoms with Crippen LogP contribution in [0.3, 0.4) is 0 Å². The van der Waals surface area contributed by atoms with Gasteiger partial charge in [-0.05, 0) is 24.3 Å². The van der Waals surface area contributed by atoms with Gasteiger partial charge in [-0.15, -0.1) is 0 Å². The van der Waals surface area contributed by atoms with Crippen molar-refractivity contribution in [3.05, 3.63) is 63.6 Å². The van der Waals surface area contributed by atoms with E-state index in [0.29, 0.717) is 10.0 Å². The predicted octanol–water partition coefficient (Wildman–Crippen LogP) is 4.83. The number of alkyl halides is 3. The van der Waals surface area contributed by atoms with Gasteiger partial charge in [-0.3, -0.25) is 0 Å². The van der Waals surface area contributed by atoms with Crippen LogP contribution in [0.2, 0.25) is 0 Å². The first-order valence-electron chi connectivity index (χ1n) is 6.48. The van der Waals surface area contributed by atoms with Gasteiger partial charge in [0.1, 0.15) is 12.4 Å². The number of methoxy groups -OCH3 is 1. The highest BCUT2D eigenvalue weighted by Gasteiger charge is 2.34. The molecule has 0 radical (unpaired) electrons. The molecule has 23 heavy (non-hydrogen) atoms. The third-order valence-electron chi connectivity index (χ3n) is 3.05. The van der Waals surface area contributed by atoms with Crippen molar-refractivity contribution in [2.45, 2.75) is 12.8 Å². The van der Waals surface area contributed by atoms with Gasteiger partial charge in [0.25, 0.3) is 0 Å².